The molecule has 2 heterocycles. The zero-order valence-corrected chi connectivity index (χ0v) is 17.4. The Kier molecular flexibility index (Phi) is 7.48. The molecule has 6 nitrogen and oxygen atoms in total. The van der Waals surface area contributed by atoms with Crippen LogP contribution in [0.5, 0.6) is 0 Å². The van der Waals surface area contributed by atoms with Crippen LogP contribution in [0, 0.1) is 13.8 Å². The first-order chi connectivity index (χ1) is 13.7. The van der Waals surface area contributed by atoms with E-state index in [0.717, 1.165) is 56.6 Å². The van der Waals surface area contributed by atoms with Crippen molar-refractivity contribution in [1.29, 1.82) is 0 Å². The van der Waals surface area contributed by atoms with Crippen LogP contribution in [0.2, 0.25) is 0 Å². The van der Waals surface area contributed by atoms with Crippen LogP contribution in [-0.2, 0) is 6.42 Å². The molecule has 0 spiro atoms. The maximum atomic E-state index is 5.26. The average Bonchev–Trinajstić information content (AvgIpc) is 3.34. The van der Waals surface area contributed by atoms with Crippen LogP contribution in [0.1, 0.15) is 48.4 Å². The zero-order valence-electron chi connectivity index (χ0n) is 17.4. The van der Waals surface area contributed by atoms with E-state index >= 15 is 0 Å². The fourth-order valence-electron chi connectivity index (χ4n) is 3.84. The molecule has 1 aliphatic heterocycles. The minimum atomic E-state index is 0.335. The Balaban J connectivity index is 1.64. The summed E-state index contributed by atoms with van der Waals surface area (Å²) in [7, 11) is 0. The highest BCUT2D eigenvalue weighted by Crippen LogP contribution is 2.25. The quantitative estimate of drug-likeness (QED) is 0.541. The Bertz CT molecular complexity index is 730. The van der Waals surface area contributed by atoms with Crippen molar-refractivity contribution in [3.8, 4) is 0 Å². The predicted octanol–water partition coefficient (Wildman–Crippen LogP) is 3.23. The SMILES string of the molecule is CCNC(=NCC(c1ccccc1)N1CCCC1)NCCc1c(C)noc1C. The molecular formula is C22H33N5O. The molecule has 0 bridgehead atoms. The van der Waals surface area contributed by atoms with E-state index in [0.29, 0.717) is 6.04 Å². The van der Waals surface area contributed by atoms with Crippen molar-refractivity contribution in [2.75, 3.05) is 32.7 Å². The van der Waals surface area contributed by atoms with E-state index < -0.39 is 0 Å². The number of nitrogens with one attached hydrogen (secondary N) is 2. The lowest BCUT2D eigenvalue weighted by Gasteiger charge is -2.27. The minimum Gasteiger partial charge on any atom is -0.361 e. The highest BCUT2D eigenvalue weighted by molar-refractivity contribution is 5.79. The van der Waals surface area contributed by atoms with Crippen LogP contribution in [0.25, 0.3) is 0 Å². The number of benzene rings is 1. The lowest BCUT2D eigenvalue weighted by molar-refractivity contribution is 0.251. The van der Waals surface area contributed by atoms with Crippen molar-refractivity contribution in [1.82, 2.24) is 20.7 Å². The van der Waals surface area contributed by atoms with Gasteiger partial charge in [-0.3, -0.25) is 9.89 Å². The predicted molar refractivity (Wildman–Crippen MR) is 114 cm³/mol. The monoisotopic (exact) mass is 383 g/mol. The molecule has 2 N–H and O–H groups in total. The smallest absolute Gasteiger partial charge is 0.191 e. The van der Waals surface area contributed by atoms with E-state index in [4.69, 9.17) is 9.52 Å². The van der Waals surface area contributed by atoms with Gasteiger partial charge < -0.3 is 15.2 Å². The first kappa shape index (κ1) is 20.4. The zero-order chi connectivity index (χ0) is 19.8. The van der Waals surface area contributed by atoms with Gasteiger partial charge in [0.1, 0.15) is 5.76 Å². The summed E-state index contributed by atoms with van der Waals surface area (Å²) in [6, 6.07) is 11.1. The standard InChI is InChI=1S/C22H33N5O/c1-4-23-22(24-13-12-20-17(2)26-28-18(20)3)25-16-21(27-14-8-9-15-27)19-10-6-5-7-11-19/h5-7,10-11,21H,4,8-9,12-16H2,1-3H3,(H2,23,24,25). The number of aromatic nitrogens is 1. The van der Waals surface area contributed by atoms with Gasteiger partial charge in [-0.1, -0.05) is 35.5 Å². The molecule has 1 atom stereocenters. The van der Waals surface area contributed by atoms with Gasteiger partial charge in [-0.2, -0.15) is 0 Å². The normalized spacial score (nSPS) is 16.3. The molecule has 1 fully saturated rings. The lowest BCUT2D eigenvalue weighted by atomic mass is 10.1. The Morgan fingerprint density at radius 1 is 1.18 bits per heavy atom. The highest BCUT2D eigenvalue weighted by Gasteiger charge is 2.23. The molecule has 3 rings (SSSR count). The number of likely N-dealkylation sites (tertiary alicyclic amines) is 1. The fourth-order valence-corrected chi connectivity index (χ4v) is 3.84. The Hall–Kier alpha value is -2.34. The van der Waals surface area contributed by atoms with E-state index in [-0.39, 0.29) is 0 Å². The van der Waals surface area contributed by atoms with Crippen molar-refractivity contribution in [2.24, 2.45) is 4.99 Å². The van der Waals surface area contributed by atoms with Gasteiger partial charge in [0.25, 0.3) is 0 Å². The summed E-state index contributed by atoms with van der Waals surface area (Å²) in [6.07, 6.45) is 3.44. The second-order valence-electron chi connectivity index (χ2n) is 7.37. The van der Waals surface area contributed by atoms with Gasteiger partial charge in [-0.05, 0) is 58.7 Å². The van der Waals surface area contributed by atoms with Crippen LogP contribution in [0.3, 0.4) is 0 Å². The van der Waals surface area contributed by atoms with E-state index in [2.05, 4.69) is 57.9 Å². The Morgan fingerprint density at radius 2 is 1.93 bits per heavy atom. The molecular weight excluding hydrogens is 350 g/mol. The molecule has 1 aromatic carbocycles. The number of aliphatic imine (C=N–C) groups is 1. The summed E-state index contributed by atoms with van der Waals surface area (Å²) in [5.41, 5.74) is 3.50. The van der Waals surface area contributed by atoms with Crippen LogP contribution in [0.4, 0.5) is 0 Å². The van der Waals surface area contributed by atoms with Gasteiger partial charge >= 0.3 is 0 Å². The molecule has 1 unspecified atom stereocenters. The third-order valence-electron chi connectivity index (χ3n) is 5.38. The first-order valence-electron chi connectivity index (χ1n) is 10.4. The summed E-state index contributed by atoms with van der Waals surface area (Å²) >= 11 is 0. The molecule has 0 amide bonds. The summed E-state index contributed by atoms with van der Waals surface area (Å²) in [6.45, 7) is 10.8. The minimum absolute atomic E-state index is 0.335. The first-order valence-corrected chi connectivity index (χ1v) is 10.4. The maximum Gasteiger partial charge on any atom is 0.191 e. The number of nitrogens with zero attached hydrogens (tertiary/aromatic N) is 3. The van der Waals surface area contributed by atoms with Gasteiger partial charge in [0.15, 0.2) is 5.96 Å². The molecule has 0 radical (unpaired) electrons. The third-order valence-corrected chi connectivity index (χ3v) is 5.38. The van der Waals surface area contributed by atoms with E-state index in [1.165, 1.54) is 24.0 Å². The number of guanidine groups is 1. The maximum absolute atomic E-state index is 5.26. The average molecular weight is 384 g/mol. The van der Waals surface area contributed by atoms with E-state index in [9.17, 15) is 0 Å². The molecule has 0 saturated carbocycles. The molecule has 2 aromatic rings. The fraction of sp³-hybridized carbons (Fsp3) is 0.545. The second kappa shape index (κ2) is 10.3. The Labute approximate surface area is 168 Å². The van der Waals surface area contributed by atoms with Gasteiger partial charge in [-0.25, -0.2) is 0 Å². The summed E-state index contributed by atoms with van der Waals surface area (Å²) < 4.78 is 5.26. The van der Waals surface area contributed by atoms with Gasteiger partial charge in [0.2, 0.25) is 0 Å². The lowest BCUT2D eigenvalue weighted by Crippen LogP contribution is -2.39. The van der Waals surface area contributed by atoms with Crippen molar-refractivity contribution in [3.05, 3.63) is 52.9 Å². The molecule has 6 heteroatoms. The largest absolute Gasteiger partial charge is 0.361 e. The van der Waals surface area contributed by atoms with Gasteiger partial charge in [-0.15, -0.1) is 0 Å². The van der Waals surface area contributed by atoms with Gasteiger partial charge in [0.05, 0.1) is 18.3 Å². The van der Waals surface area contributed by atoms with Crippen LogP contribution < -0.4 is 10.6 Å². The van der Waals surface area contributed by atoms with Crippen molar-refractivity contribution >= 4 is 5.96 Å². The summed E-state index contributed by atoms with van der Waals surface area (Å²) in [4.78, 5) is 7.47. The van der Waals surface area contributed by atoms with Crippen LogP contribution >= 0.6 is 0 Å². The van der Waals surface area contributed by atoms with Crippen LogP contribution in [-0.4, -0.2) is 48.7 Å². The van der Waals surface area contributed by atoms with Crippen molar-refractivity contribution < 1.29 is 4.52 Å². The second-order valence-corrected chi connectivity index (χ2v) is 7.37. The number of rotatable bonds is 8. The third kappa shape index (κ3) is 5.35. The molecule has 1 aliphatic rings. The van der Waals surface area contributed by atoms with E-state index in [1.807, 2.05) is 13.8 Å². The molecule has 1 saturated heterocycles. The topological polar surface area (TPSA) is 65.7 Å². The number of hydrogen-bond acceptors (Lipinski definition) is 4. The van der Waals surface area contributed by atoms with Gasteiger partial charge in [0, 0.05) is 18.7 Å². The number of hydrogen-bond donors (Lipinski definition) is 2. The highest BCUT2D eigenvalue weighted by atomic mass is 16.5. The van der Waals surface area contributed by atoms with Crippen LogP contribution in [0.15, 0.2) is 39.8 Å². The molecule has 28 heavy (non-hydrogen) atoms. The van der Waals surface area contributed by atoms with Crippen molar-refractivity contribution in [2.45, 2.75) is 46.1 Å². The molecule has 1 aromatic heterocycles. The summed E-state index contributed by atoms with van der Waals surface area (Å²) in [5.74, 6) is 1.77. The van der Waals surface area contributed by atoms with E-state index in [1.54, 1.807) is 0 Å². The van der Waals surface area contributed by atoms with Crippen molar-refractivity contribution in [3.63, 3.8) is 0 Å². The Morgan fingerprint density at radius 3 is 2.57 bits per heavy atom. The summed E-state index contributed by atoms with van der Waals surface area (Å²) in [5, 5.41) is 10.9. The number of aryl methyl sites for hydroxylation is 2. The molecule has 0 aliphatic carbocycles. The molecule has 152 valence electrons.